The zero-order valence-corrected chi connectivity index (χ0v) is 24.4. The van der Waals surface area contributed by atoms with E-state index < -0.39 is 12.0 Å². The summed E-state index contributed by atoms with van der Waals surface area (Å²) in [6.07, 6.45) is 1.80. The summed E-state index contributed by atoms with van der Waals surface area (Å²) >= 11 is 13.5. The van der Waals surface area contributed by atoms with Crippen LogP contribution in [0.5, 0.6) is 5.75 Å². The van der Waals surface area contributed by atoms with Gasteiger partial charge in [0.25, 0.3) is 5.56 Å². The van der Waals surface area contributed by atoms with Gasteiger partial charge in [0.05, 0.1) is 32.6 Å². The molecule has 0 spiro atoms. The van der Waals surface area contributed by atoms with Gasteiger partial charge >= 0.3 is 5.97 Å². The van der Waals surface area contributed by atoms with Crippen LogP contribution in [0.3, 0.4) is 0 Å². The Morgan fingerprint density at radius 3 is 2.71 bits per heavy atom. The highest BCUT2D eigenvalue weighted by atomic mass is 127. The third-order valence-corrected chi connectivity index (χ3v) is 7.92. The average Bonchev–Trinajstić information content (AvgIpc) is 3.10. The summed E-state index contributed by atoms with van der Waals surface area (Å²) in [5.74, 6) is 0.182. The van der Waals surface area contributed by atoms with Crippen LogP contribution in [0.25, 0.3) is 6.08 Å². The van der Waals surface area contributed by atoms with Crippen molar-refractivity contribution >= 4 is 73.5 Å². The number of aromatic nitrogens is 1. The molecular formula is C25H21BrClIN2O4S. The number of hydrogen-bond acceptors (Lipinski definition) is 6. The normalized spacial score (nSPS) is 15.6. The summed E-state index contributed by atoms with van der Waals surface area (Å²) in [6.45, 7) is 6.10. The predicted octanol–water partition coefficient (Wildman–Crippen LogP) is 5.22. The Hall–Kier alpha value is -1.95. The number of carbonyl (C=O) groups is 1. The lowest BCUT2D eigenvalue weighted by molar-refractivity contribution is -0.139. The highest BCUT2D eigenvalue weighted by Crippen LogP contribution is 2.35. The van der Waals surface area contributed by atoms with Crippen molar-refractivity contribution in [3.05, 3.63) is 91.5 Å². The molecule has 0 fully saturated rings. The zero-order chi connectivity index (χ0) is 25.3. The minimum absolute atomic E-state index is 0.205. The number of esters is 1. The maximum absolute atomic E-state index is 13.8. The second kappa shape index (κ2) is 11.0. The molecule has 1 atom stereocenters. The van der Waals surface area contributed by atoms with Crippen molar-refractivity contribution in [3.63, 3.8) is 0 Å². The second-order valence-corrected chi connectivity index (χ2v) is 11.1. The predicted molar refractivity (Wildman–Crippen MR) is 150 cm³/mol. The van der Waals surface area contributed by atoms with Gasteiger partial charge < -0.3 is 9.47 Å². The van der Waals surface area contributed by atoms with Gasteiger partial charge in [-0.2, -0.15) is 0 Å². The van der Waals surface area contributed by atoms with E-state index in [1.807, 2.05) is 31.2 Å². The molecule has 1 aliphatic rings. The van der Waals surface area contributed by atoms with Gasteiger partial charge in [0, 0.05) is 15.1 Å². The first-order chi connectivity index (χ1) is 16.8. The second-order valence-electron chi connectivity index (χ2n) is 7.56. The zero-order valence-electron chi connectivity index (χ0n) is 19.1. The number of halogens is 3. The first-order valence-corrected chi connectivity index (χ1v) is 13.9. The van der Waals surface area contributed by atoms with E-state index in [1.165, 1.54) is 15.9 Å². The number of hydrogen-bond donors (Lipinski definition) is 0. The standard InChI is InChI=1S/C25H21BrClIN2O4S/c1-4-33-22-14(10-15(26)12-18(22)28)11-19-23(31)30-21(16-8-6-7-9-17(16)27)20(24(32)34-5-2)13(3)29-25(30)35-19/h6-12,21H,4-5H2,1-3H3/b19-11-/t21-/m1/s1. The summed E-state index contributed by atoms with van der Waals surface area (Å²) in [4.78, 5) is 31.9. The first-order valence-electron chi connectivity index (χ1n) is 10.8. The summed E-state index contributed by atoms with van der Waals surface area (Å²) in [5, 5.41) is 0.448. The van der Waals surface area contributed by atoms with Crippen LogP contribution in [-0.4, -0.2) is 23.8 Å². The van der Waals surface area contributed by atoms with Crippen molar-refractivity contribution < 1.29 is 14.3 Å². The van der Waals surface area contributed by atoms with Crippen molar-refractivity contribution in [2.24, 2.45) is 4.99 Å². The SMILES string of the molecule is CCOC(=O)C1=C(C)N=c2s/c(=C\c3cc(Br)cc(I)c3OCC)c(=O)n2[C@@H]1c1ccccc1Cl. The van der Waals surface area contributed by atoms with Crippen LogP contribution in [-0.2, 0) is 9.53 Å². The molecule has 0 radical (unpaired) electrons. The Balaban J connectivity index is 2.00. The minimum atomic E-state index is -0.754. The first kappa shape index (κ1) is 26.1. The van der Waals surface area contributed by atoms with E-state index in [0.29, 0.717) is 43.5 Å². The number of rotatable bonds is 6. The van der Waals surface area contributed by atoms with Gasteiger partial charge in [-0.05, 0) is 73.2 Å². The molecule has 0 saturated carbocycles. The van der Waals surface area contributed by atoms with Crippen LogP contribution < -0.4 is 19.6 Å². The number of fused-ring (bicyclic) bond motifs is 1. The highest BCUT2D eigenvalue weighted by Gasteiger charge is 2.34. The molecule has 0 N–H and O–H groups in total. The molecule has 35 heavy (non-hydrogen) atoms. The molecule has 3 aromatic rings. The van der Waals surface area contributed by atoms with E-state index in [9.17, 15) is 9.59 Å². The number of ether oxygens (including phenoxy) is 2. The van der Waals surface area contributed by atoms with Gasteiger partial charge in [0.15, 0.2) is 4.80 Å². The highest BCUT2D eigenvalue weighted by molar-refractivity contribution is 14.1. The molecule has 4 rings (SSSR count). The number of nitrogens with zero attached hydrogens (tertiary/aromatic N) is 2. The average molecular weight is 688 g/mol. The lowest BCUT2D eigenvalue weighted by Crippen LogP contribution is -2.40. The van der Waals surface area contributed by atoms with Crippen molar-refractivity contribution in [2.45, 2.75) is 26.8 Å². The fraction of sp³-hybridized carbons (Fsp3) is 0.240. The molecule has 2 aromatic carbocycles. The van der Waals surface area contributed by atoms with Crippen LogP contribution in [0.15, 0.2) is 61.9 Å². The molecule has 1 aromatic heterocycles. The van der Waals surface area contributed by atoms with Crippen molar-refractivity contribution in [3.8, 4) is 5.75 Å². The van der Waals surface area contributed by atoms with Crippen LogP contribution >= 0.6 is 61.5 Å². The minimum Gasteiger partial charge on any atom is -0.492 e. The molecule has 2 heterocycles. The summed E-state index contributed by atoms with van der Waals surface area (Å²) in [7, 11) is 0. The van der Waals surface area contributed by atoms with Crippen LogP contribution in [0.2, 0.25) is 5.02 Å². The number of allylic oxidation sites excluding steroid dienone is 1. The smallest absolute Gasteiger partial charge is 0.338 e. The molecule has 0 aliphatic carbocycles. The topological polar surface area (TPSA) is 69.9 Å². The van der Waals surface area contributed by atoms with Crippen LogP contribution in [0, 0.1) is 3.57 Å². The summed E-state index contributed by atoms with van der Waals surface area (Å²) in [5.41, 5.74) is 1.92. The van der Waals surface area contributed by atoms with Crippen molar-refractivity contribution in [1.82, 2.24) is 4.57 Å². The van der Waals surface area contributed by atoms with Gasteiger partial charge in [-0.15, -0.1) is 0 Å². The quantitative estimate of drug-likeness (QED) is 0.264. The fourth-order valence-electron chi connectivity index (χ4n) is 3.91. The Morgan fingerprint density at radius 2 is 2.03 bits per heavy atom. The van der Waals surface area contributed by atoms with Gasteiger partial charge in [-0.3, -0.25) is 9.36 Å². The molecule has 6 nitrogen and oxygen atoms in total. The van der Waals surface area contributed by atoms with Crippen molar-refractivity contribution in [1.29, 1.82) is 0 Å². The molecule has 0 bridgehead atoms. The van der Waals surface area contributed by atoms with E-state index >= 15 is 0 Å². The summed E-state index contributed by atoms with van der Waals surface area (Å²) in [6, 6.07) is 10.3. The largest absolute Gasteiger partial charge is 0.492 e. The van der Waals surface area contributed by atoms with Crippen LogP contribution in [0.4, 0.5) is 0 Å². The van der Waals surface area contributed by atoms with E-state index in [-0.39, 0.29) is 12.2 Å². The van der Waals surface area contributed by atoms with E-state index in [1.54, 1.807) is 32.1 Å². The molecular weight excluding hydrogens is 667 g/mol. The van der Waals surface area contributed by atoms with Gasteiger partial charge in [0.1, 0.15) is 11.8 Å². The summed E-state index contributed by atoms with van der Waals surface area (Å²) < 4.78 is 15.0. The lowest BCUT2D eigenvalue weighted by atomic mass is 9.96. The molecule has 0 unspecified atom stereocenters. The number of benzene rings is 2. The molecule has 0 saturated heterocycles. The van der Waals surface area contributed by atoms with E-state index in [0.717, 1.165) is 13.6 Å². The molecule has 182 valence electrons. The van der Waals surface area contributed by atoms with Crippen molar-refractivity contribution in [2.75, 3.05) is 13.2 Å². The number of thiazole rings is 1. The monoisotopic (exact) mass is 686 g/mol. The molecule has 10 heteroatoms. The third-order valence-electron chi connectivity index (χ3n) is 5.33. The Kier molecular flexibility index (Phi) is 8.19. The maximum Gasteiger partial charge on any atom is 0.338 e. The fourth-order valence-corrected chi connectivity index (χ4v) is 6.89. The van der Waals surface area contributed by atoms with Crippen LogP contribution in [0.1, 0.15) is 37.9 Å². The Labute approximate surface area is 233 Å². The molecule has 0 amide bonds. The Bertz CT molecular complexity index is 1530. The number of carbonyl (C=O) groups excluding carboxylic acids is 1. The van der Waals surface area contributed by atoms with E-state index in [4.69, 9.17) is 21.1 Å². The third kappa shape index (κ3) is 5.14. The van der Waals surface area contributed by atoms with Gasteiger partial charge in [-0.25, -0.2) is 9.79 Å². The van der Waals surface area contributed by atoms with Gasteiger partial charge in [0.2, 0.25) is 0 Å². The lowest BCUT2D eigenvalue weighted by Gasteiger charge is -2.25. The van der Waals surface area contributed by atoms with Gasteiger partial charge in [-0.1, -0.05) is 57.1 Å². The molecule has 1 aliphatic heterocycles. The maximum atomic E-state index is 13.8. The Morgan fingerprint density at radius 1 is 1.29 bits per heavy atom. The van der Waals surface area contributed by atoms with E-state index in [2.05, 4.69) is 43.5 Å².